The number of aromatic nitrogens is 3. The molecule has 0 atom stereocenters. The number of carbonyl (C=O) groups is 1. The lowest BCUT2D eigenvalue weighted by atomic mass is 10.2. The van der Waals surface area contributed by atoms with Crippen molar-refractivity contribution in [1.29, 1.82) is 0 Å². The Labute approximate surface area is 178 Å². The Kier molecular flexibility index (Phi) is 5.19. The van der Waals surface area contributed by atoms with E-state index >= 15 is 0 Å². The first-order valence-electron chi connectivity index (χ1n) is 9.55. The Morgan fingerprint density at radius 3 is 2.48 bits per heavy atom. The molecule has 31 heavy (non-hydrogen) atoms. The molecular formula is C19H20N6O5S. The number of benzene rings is 1. The molecule has 4 rings (SSSR count). The molecule has 1 saturated heterocycles. The molecule has 0 spiro atoms. The second-order valence-corrected chi connectivity index (χ2v) is 9.16. The average Bonchev–Trinajstić information content (AvgIpc) is 3.17. The molecule has 12 heteroatoms. The lowest BCUT2D eigenvalue weighted by molar-refractivity contribution is -0.387. The van der Waals surface area contributed by atoms with Gasteiger partial charge in [0.2, 0.25) is 10.0 Å². The standard InChI is InChI=1S/C19H20N6O5S/c1-13-11-14(2)24-18(21-13)15(12-20-24)19(26)22-7-9-23(10-8-22)31(29,30)17-6-4-3-5-16(17)25(27)28/h3-6,11-12H,7-10H2,1-2H3. The SMILES string of the molecule is Cc1cc(C)n2ncc(C(=O)N3CCN(S(=O)(=O)c4ccccc4[N+](=O)[O-])CC3)c2n1. The quantitative estimate of drug-likeness (QED) is 0.439. The van der Waals surface area contributed by atoms with Gasteiger partial charge < -0.3 is 4.90 Å². The van der Waals surface area contributed by atoms with E-state index < -0.39 is 20.6 Å². The van der Waals surface area contributed by atoms with E-state index in [2.05, 4.69) is 10.1 Å². The molecule has 3 heterocycles. The second kappa shape index (κ2) is 7.71. The summed E-state index contributed by atoms with van der Waals surface area (Å²) in [6, 6.07) is 7.11. The number of nitro groups is 1. The molecule has 2 aromatic heterocycles. The lowest BCUT2D eigenvalue weighted by Gasteiger charge is -2.33. The molecule has 11 nitrogen and oxygen atoms in total. The molecule has 0 N–H and O–H groups in total. The first-order chi connectivity index (χ1) is 14.7. The molecule has 0 radical (unpaired) electrons. The Hall–Kier alpha value is -3.38. The zero-order valence-electron chi connectivity index (χ0n) is 16.9. The third kappa shape index (κ3) is 3.64. The number of carbonyl (C=O) groups excluding carboxylic acids is 1. The van der Waals surface area contributed by atoms with E-state index in [1.165, 1.54) is 28.7 Å². The third-order valence-electron chi connectivity index (χ3n) is 5.21. The lowest BCUT2D eigenvalue weighted by Crippen LogP contribution is -2.50. The van der Waals surface area contributed by atoms with Crippen LogP contribution in [0.3, 0.4) is 0 Å². The van der Waals surface area contributed by atoms with Crippen molar-refractivity contribution in [1.82, 2.24) is 23.8 Å². The fraction of sp³-hybridized carbons (Fsp3) is 0.316. The summed E-state index contributed by atoms with van der Waals surface area (Å²) in [4.78, 5) is 29.2. The summed E-state index contributed by atoms with van der Waals surface area (Å²) in [5.41, 5.74) is 1.95. The van der Waals surface area contributed by atoms with Gasteiger partial charge in [-0.1, -0.05) is 12.1 Å². The Morgan fingerprint density at radius 1 is 1.13 bits per heavy atom. The predicted octanol–water partition coefficient (Wildman–Crippen LogP) is 1.40. The summed E-state index contributed by atoms with van der Waals surface area (Å²) in [7, 11) is -4.06. The van der Waals surface area contributed by atoms with E-state index in [1.54, 1.807) is 9.42 Å². The van der Waals surface area contributed by atoms with Crippen LogP contribution in [-0.2, 0) is 10.0 Å². The molecule has 0 aliphatic carbocycles. The van der Waals surface area contributed by atoms with Gasteiger partial charge >= 0.3 is 0 Å². The monoisotopic (exact) mass is 444 g/mol. The van der Waals surface area contributed by atoms with E-state index in [9.17, 15) is 23.3 Å². The fourth-order valence-electron chi connectivity index (χ4n) is 3.69. The van der Waals surface area contributed by atoms with Crippen LogP contribution in [0.5, 0.6) is 0 Å². The Bertz CT molecular complexity index is 1290. The van der Waals surface area contributed by atoms with Crippen molar-refractivity contribution in [3.63, 3.8) is 0 Å². The molecule has 3 aromatic rings. The molecule has 0 saturated carbocycles. The van der Waals surface area contributed by atoms with E-state index in [1.807, 2.05) is 19.9 Å². The summed E-state index contributed by atoms with van der Waals surface area (Å²) >= 11 is 0. The second-order valence-electron chi connectivity index (χ2n) is 7.25. The molecular weight excluding hydrogens is 424 g/mol. The largest absolute Gasteiger partial charge is 0.336 e. The third-order valence-corrected chi connectivity index (χ3v) is 7.16. The van der Waals surface area contributed by atoms with Gasteiger partial charge in [0, 0.05) is 43.6 Å². The Morgan fingerprint density at radius 2 is 1.81 bits per heavy atom. The number of hydrogen-bond acceptors (Lipinski definition) is 7. The maximum absolute atomic E-state index is 13.0. The number of piperazine rings is 1. The van der Waals surface area contributed by atoms with Crippen molar-refractivity contribution < 1.29 is 18.1 Å². The normalized spacial score (nSPS) is 15.4. The molecule has 162 valence electrons. The molecule has 1 fully saturated rings. The summed E-state index contributed by atoms with van der Waals surface area (Å²) < 4.78 is 28.7. The summed E-state index contributed by atoms with van der Waals surface area (Å²) in [5, 5.41) is 15.5. The highest BCUT2D eigenvalue weighted by atomic mass is 32.2. The maximum atomic E-state index is 13.0. The van der Waals surface area contributed by atoms with Crippen LogP contribution in [0.2, 0.25) is 0 Å². The van der Waals surface area contributed by atoms with Gasteiger partial charge in [0.1, 0.15) is 5.56 Å². The van der Waals surface area contributed by atoms with Gasteiger partial charge in [-0.25, -0.2) is 17.9 Å². The fourth-order valence-corrected chi connectivity index (χ4v) is 5.27. The smallest absolute Gasteiger partial charge is 0.289 e. The molecule has 1 aliphatic heterocycles. The van der Waals surface area contributed by atoms with E-state index in [-0.39, 0.29) is 37.0 Å². The van der Waals surface area contributed by atoms with Gasteiger partial charge in [0.25, 0.3) is 11.6 Å². The van der Waals surface area contributed by atoms with E-state index in [0.717, 1.165) is 17.5 Å². The zero-order valence-corrected chi connectivity index (χ0v) is 17.7. The van der Waals surface area contributed by atoms with Crippen molar-refractivity contribution in [2.24, 2.45) is 0 Å². The topological polar surface area (TPSA) is 131 Å². The van der Waals surface area contributed by atoms with Crippen molar-refractivity contribution in [3.8, 4) is 0 Å². The van der Waals surface area contributed by atoms with Gasteiger partial charge in [0.05, 0.1) is 11.1 Å². The number of fused-ring (bicyclic) bond motifs is 1. The van der Waals surface area contributed by atoms with Gasteiger partial charge in [0.15, 0.2) is 10.5 Å². The molecule has 0 unspecified atom stereocenters. The van der Waals surface area contributed by atoms with Crippen LogP contribution in [0.4, 0.5) is 5.69 Å². The number of rotatable bonds is 4. The maximum Gasteiger partial charge on any atom is 0.289 e. The van der Waals surface area contributed by atoms with Crippen molar-refractivity contribution in [2.45, 2.75) is 18.7 Å². The van der Waals surface area contributed by atoms with Crippen LogP contribution in [0, 0.1) is 24.0 Å². The molecule has 1 aliphatic rings. The zero-order chi connectivity index (χ0) is 22.3. The van der Waals surface area contributed by atoms with Crippen LogP contribution in [-0.4, -0.2) is 69.2 Å². The van der Waals surface area contributed by atoms with Crippen LogP contribution >= 0.6 is 0 Å². The van der Waals surface area contributed by atoms with Crippen molar-refractivity contribution >= 4 is 27.3 Å². The van der Waals surface area contributed by atoms with Gasteiger partial charge in [-0.3, -0.25) is 14.9 Å². The summed E-state index contributed by atoms with van der Waals surface area (Å²) in [5.74, 6) is -0.282. The predicted molar refractivity (Wildman–Crippen MR) is 110 cm³/mol. The number of sulfonamides is 1. The van der Waals surface area contributed by atoms with Crippen molar-refractivity contribution in [3.05, 3.63) is 63.6 Å². The minimum absolute atomic E-state index is 0.0326. The van der Waals surface area contributed by atoms with Crippen LogP contribution in [0.15, 0.2) is 41.4 Å². The average molecular weight is 444 g/mol. The number of nitro benzene ring substituents is 1. The number of para-hydroxylation sites is 1. The minimum Gasteiger partial charge on any atom is -0.336 e. The highest BCUT2D eigenvalue weighted by Crippen LogP contribution is 2.27. The number of amides is 1. The minimum atomic E-state index is -4.06. The number of aryl methyl sites for hydroxylation is 2. The summed E-state index contributed by atoms with van der Waals surface area (Å²) in [6.45, 7) is 4.08. The van der Waals surface area contributed by atoms with E-state index in [4.69, 9.17) is 0 Å². The van der Waals surface area contributed by atoms with Crippen LogP contribution in [0.25, 0.3) is 5.65 Å². The van der Waals surface area contributed by atoms with Crippen LogP contribution in [0.1, 0.15) is 21.7 Å². The first-order valence-corrected chi connectivity index (χ1v) is 11.0. The summed E-state index contributed by atoms with van der Waals surface area (Å²) in [6.07, 6.45) is 1.47. The van der Waals surface area contributed by atoms with Gasteiger partial charge in [-0.2, -0.15) is 9.40 Å². The Balaban J connectivity index is 1.54. The van der Waals surface area contributed by atoms with Crippen molar-refractivity contribution in [2.75, 3.05) is 26.2 Å². The molecule has 1 aromatic carbocycles. The highest BCUT2D eigenvalue weighted by molar-refractivity contribution is 7.89. The highest BCUT2D eigenvalue weighted by Gasteiger charge is 2.35. The first kappa shape index (κ1) is 20.9. The number of hydrogen-bond donors (Lipinski definition) is 0. The van der Waals surface area contributed by atoms with Gasteiger partial charge in [-0.05, 0) is 26.0 Å². The number of nitrogens with zero attached hydrogens (tertiary/aromatic N) is 6. The molecule has 1 amide bonds. The van der Waals surface area contributed by atoms with Gasteiger partial charge in [-0.15, -0.1) is 0 Å². The van der Waals surface area contributed by atoms with E-state index in [0.29, 0.717) is 11.2 Å². The van der Waals surface area contributed by atoms with Crippen LogP contribution < -0.4 is 0 Å². The molecule has 0 bridgehead atoms.